The lowest BCUT2D eigenvalue weighted by Crippen LogP contribution is -2.43. The van der Waals surface area contributed by atoms with Gasteiger partial charge in [0.2, 0.25) is 0 Å². The molecule has 1 unspecified atom stereocenters. The normalized spacial score (nSPS) is 15.4. The summed E-state index contributed by atoms with van der Waals surface area (Å²) in [5.74, 6) is -0.282. The van der Waals surface area contributed by atoms with E-state index in [2.05, 4.69) is 12.2 Å². The summed E-state index contributed by atoms with van der Waals surface area (Å²) >= 11 is 5.96. The summed E-state index contributed by atoms with van der Waals surface area (Å²) in [5.41, 5.74) is 1.61. The van der Waals surface area contributed by atoms with Crippen LogP contribution < -0.4 is 5.32 Å². The van der Waals surface area contributed by atoms with Crippen LogP contribution in [0, 0.1) is 5.82 Å². The van der Waals surface area contributed by atoms with E-state index in [1.807, 2.05) is 24.3 Å². The van der Waals surface area contributed by atoms with Crippen LogP contribution in [-0.4, -0.2) is 54.5 Å². The third kappa shape index (κ3) is 5.72. The molecule has 160 valence electrons. The molecule has 1 heterocycles. The smallest absolute Gasteiger partial charge is 0.317 e. The number of nitrogens with one attached hydrogen (secondary N) is 1. The predicted octanol–water partition coefficient (Wildman–Crippen LogP) is 4.53. The molecule has 0 aliphatic carbocycles. The fourth-order valence-corrected chi connectivity index (χ4v) is 3.78. The van der Waals surface area contributed by atoms with Crippen molar-refractivity contribution in [2.24, 2.45) is 0 Å². The molecule has 0 aromatic heterocycles. The van der Waals surface area contributed by atoms with Crippen LogP contribution in [0.3, 0.4) is 0 Å². The van der Waals surface area contributed by atoms with Crippen LogP contribution in [-0.2, 0) is 0 Å². The molecule has 3 amide bonds. The molecular weight excluding hydrogens is 405 g/mol. The van der Waals surface area contributed by atoms with Crippen molar-refractivity contribution >= 4 is 23.5 Å². The molecular formula is C23H27ClFN3O2. The summed E-state index contributed by atoms with van der Waals surface area (Å²) in [6, 6.07) is 13.2. The van der Waals surface area contributed by atoms with E-state index in [9.17, 15) is 14.0 Å². The standard InChI is InChI=1S/C23H27ClFN3O2/c1-2-17(18-4-8-20(24)9-5-18)16-26-23(30)28-13-3-12-27(14-15-28)22(29)19-6-10-21(25)11-7-19/h4-11,17H,2-3,12-16H2,1H3,(H,26,30). The van der Waals surface area contributed by atoms with Gasteiger partial charge < -0.3 is 15.1 Å². The van der Waals surface area contributed by atoms with E-state index in [0.717, 1.165) is 12.0 Å². The van der Waals surface area contributed by atoms with E-state index < -0.39 is 0 Å². The Hall–Kier alpha value is -2.60. The van der Waals surface area contributed by atoms with E-state index in [1.54, 1.807) is 9.80 Å². The lowest BCUT2D eigenvalue weighted by atomic mass is 9.96. The molecule has 7 heteroatoms. The number of urea groups is 1. The molecule has 1 saturated heterocycles. The maximum absolute atomic E-state index is 13.1. The van der Waals surface area contributed by atoms with Crippen LogP contribution in [0.5, 0.6) is 0 Å². The fraction of sp³-hybridized carbons (Fsp3) is 0.391. The van der Waals surface area contributed by atoms with E-state index in [1.165, 1.54) is 24.3 Å². The van der Waals surface area contributed by atoms with Gasteiger partial charge in [-0.05, 0) is 54.8 Å². The molecule has 0 radical (unpaired) electrons. The molecule has 0 bridgehead atoms. The predicted molar refractivity (Wildman–Crippen MR) is 116 cm³/mol. The van der Waals surface area contributed by atoms with Crippen molar-refractivity contribution in [3.63, 3.8) is 0 Å². The van der Waals surface area contributed by atoms with Gasteiger partial charge >= 0.3 is 6.03 Å². The number of hydrogen-bond acceptors (Lipinski definition) is 2. The highest BCUT2D eigenvalue weighted by atomic mass is 35.5. The highest BCUT2D eigenvalue weighted by molar-refractivity contribution is 6.30. The molecule has 1 aliphatic heterocycles. The van der Waals surface area contributed by atoms with Gasteiger partial charge in [-0.2, -0.15) is 0 Å². The molecule has 0 saturated carbocycles. The number of halogens is 2. The average Bonchev–Trinajstić information content (AvgIpc) is 3.01. The van der Waals surface area contributed by atoms with Gasteiger partial charge in [0, 0.05) is 49.2 Å². The maximum Gasteiger partial charge on any atom is 0.317 e. The first-order valence-corrected chi connectivity index (χ1v) is 10.7. The highest BCUT2D eigenvalue weighted by Crippen LogP contribution is 2.21. The maximum atomic E-state index is 13.1. The van der Waals surface area contributed by atoms with Crippen molar-refractivity contribution in [1.29, 1.82) is 0 Å². The van der Waals surface area contributed by atoms with E-state index in [0.29, 0.717) is 49.7 Å². The molecule has 1 atom stereocenters. The summed E-state index contributed by atoms with van der Waals surface area (Å²) < 4.78 is 13.1. The number of benzene rings is 2. The lowest BCUT2D eigenvalue weighted by Gasteiger charge is -2.24. The van der Waals surface area contributed by atoms with Crippen LogP contribution in [0.25, 0.3) is 0 Å². The molecule has 1 aliphatic rings. The Labute approximate surface area is 181 Å². The zero-order valence-corrected chi connectivity index (χ0v) is 17.9. The topological polar surface area (TPSA) is 52.7 Å². The van der Waals surface area contributed by atoms with Gasteiger partial charge in [0.05, 0.1) is 0 Å². The van der Waals surface area contributed by atoms with Crippen LogP contribution in [0.15, 0.2) is 48.5 Å². The number of amides is 3. The minimum atomic E-state index is -0.366. The van der Waals surface area contributed by atoms with Gasteiger partial charge in [0.25, 0.3) is 5.91 Å². The summed E-state index contributed by atoms with van der Waals surface area (Å²) in [7, 11) is 0. The quantitative estimate of drug-likeness (QED) is 0.756. The monoisotopic (exact) mass is 431 g/mol. The van der Waals surface area contributed by atoms with Crippen molar-refractivity contribution in [3.8, 4) is 0 Å². The Balaban J connectivity index is 1.53. The van der Waals surface area contributed by atoms with E-state index in [4.69, 9.17) is 11.6 Å². The molecule has 5 nitrogen and oxygen atoms in total. The van der Waals surface area contributed by atoms with Crippen molar-refractivity contribution in [2.45, 2.75) is 25.7 Å². The Bertz CT molecular complexity index is 858. The summed E-state index contributed by atoms with van der Waals surface area (Å²) in [5, 5.41) is 3.73. The van der Waals surface area contributed by atoms with Crippen molar-refractivity contribution in [1.82, 2.24) is 15.1 Å². The fourth-order valence-electron chi connectivity index (χ4n) is 3.65. The molecule has 30 heavy (non-hydrogen) atoms. The average molecular weight is 432 g/mol. The molecule has 3 rings (SSSR count). The molecule has 2 aromatic rings. The van der Waals surface area contributed by atoms with Gasteiger partial charge in [0.15, 0.2) is 0 Å². The van der Waals surface area contributed by atoms with Crippen molar-refractivity contribution in [3.05, 3.63) is 70.5 Å². The number of nitrogens with zero attached hydrogens (tertiary/aromatic N) is 2. The van der Waals surface area contributed by atoms with Crippen LogP contribution in [0.4, 0.5) is 9.18 Å². The summed E-state index contributed by atoms with van der Waals surface area (Å²) in [4.78, 5) is 28.8. The number of carbonyl (C=O) groups excluding carboxylic acids is 2. The zero-order chi connectivity index (χ0) is 21.5. The Morgan fingerprint density at radius 1 is 1.00 bits per heavy atom. The van der Waals surface area contributed by atoms with E-state index in [-0.39, 0.29) is 23.7 Å². The second-order valence-electron chi connectivity index (χ2n) is 7.48. The molecule has 1 fully saturated rings. The van der Waals surface area contributed by atoms with Crippen molar-refractivity contribution < 1.29 is 14.0 Å². The van der Waals surface area contributed by atoms with E-state index >= 15 is 0 Å². The zero-order valence-electron chi connectivity index (χ0n) is 17.1. The second-order valence-corrected chi connectivity index (χ2v) is 7.92. The SMILES string of the molecule is CCC(CNC(=O)N1CCCN(C(=O)c2ccc(F)cc2)CC1)c1ccc(Cl)cc1. The van der Waals surface area contributed by atoms with Crippen LogP contribution in [0.1, 0.15) is 41.6 Å². The first kappa shape index (κ1) is 22.1. The Kier molecular flexibility index (Phi) is 7.69. The minimum Gasteiger partial charge on any atom is -0.337 e. The number of hydrogen-bond donors (Lipinski definition) is 1. The number of rotatable bonds is 5. The summed E-state index contributed by atoms with van der Waals surface area (Å²) in [6.07, 6.45) is 1.61. The third-order valence-corrected chi connectivity index (χ3v) is 5.75. The Morgan fingerprint density at radius 2 is 1.63 bits per heavy atom. The second kappa shape index (κ2) is 10.4. The van der Waals surface area contributed by atoms with Gasteiger partial charge in [0.1, 0.15) is 5.82 Å². The molecule has 0 spiro atoms. The minimum absolute atomic E-state index is 0.113. The summed E-state index contributed by atoms with van der Waals surface area (Å²) in [6.45, 7) is 4.73. The van der Waals surface area contributed by atoms with Crippen LogP contribution in [0.2, 0.25) is 5.02 Å². The first-order chi connectivity index (χ1) is 14.5. The van der Waals surface area contributed by atoms with Gasteiger partial charge in [-0.1, -0.05) is 30.7 Å². The van der Waals surface area contributed by atoms with Crippen LogP contribution >= 0.6 is 11.6 Å². The van der Waals surface area contributed by atoms with Gasteiger partial charge in [-0.3, -0.25) is 4.79 Å². The molecule has 2 aromatic carbocycles. The lowest BCUT2D eigenvalue weighted by molar-refractivity contribution is 0.0762. The van der Waals surface area contributed by atoms with Gasteiger partial charge in [-0.15, -0.1) is 0 Å². The van der Waals surface area contributed by atoms with Gasteiger partial charge in [-0.25, -0.2) is 9.18 Å². The molecule has 1 N–H and O–H groups in total. The first-order valence-electron chi connectivity index (χ1n) is 10.3. The Morgan fingerprint density at radius 3 is 2.30 bits per heavy atom. The largest absolute Gasteiger partial charge is 0.337 e. The van der Waals surface area contributed by atoms with Crippen molar-refractivity contribution in [2.75, 3.05) is 32.7 Å². The number of carbonyl (C=O) groups is 2. The third-order valence-electron chi connectivity index (χ3n) is 5.50. The highest BCUT2D eigenvalue weighted by Gasteiger charge is 2.23.